The van der Waals surface area contributed by atoms with Gasteiger partial charge in [0.15, 0.2) is 0 Å². The number of carboxylic acid groups (broad SMARTS) is 1. The predicted molar refractivity (Wildman–Crippen MR) is 63.5 cm³/mol. The van der Waals surface area contributed by atoms with Gasteiger partial charge >= 0.3 is 11.9 Å². The molecule has 18 heavy (non-hydrogen) atoms. The average molecular weight is 248 g/mol. The Morgan fingerprint density at radius 1 is 1.33 bits per heavy atom. The molecule has 0 spiro atoms. The second-order valence-corrected chi connectivity index (χ2v) is 3.27. The number of aromatic carboxylic acids is 1. The topological polar surface area (TPSA) is 72.8 Å². The van der Waals surface area contributed by atoms with Gasteiger partial charge in [0.1, 0.15) is 17.7 Å². The van der Waals surface area contributed by atoms with E-state index >= 15 is 0 Å². The van der Waals surface area contributed by atoms with Gasteiger partial charge in [0, 0.05) is 5.56 Å². The van der Waals surface area contributed by atoms with Crippen molar-refractivity contribution in [3.63, 3.8) is 0 Å². The Balaban J connectivity index is 2.95. The van der Waals surface area contributed by atoms with Gasteiger partial charge in [-0.05, 0) is 18.2 Å². The highest BCUT2D eigenvalue weighted by molar-refractivity contribution is 5.91. The molecule has 5 heteroatoms. The monoisotopic (exact) mass is 248 g/mol. The van der Waals surface area contributed by atoms with E-state index in [-0.39, 0.29) is 17.7 Å². The molecule has 0 saturated heterocycles. The molecule has 0 aliphatic carbocycles. The number of rotatable bonds is 3. The Hall–Kier alpha value is -2.48. The minimum Gasteiger partial charge on any atom is -0.496 e. The van der Waals surface area contributed by atoms with E-state index in [1.807, 2.05) is 0 Å². The van der Waals surface area contributed by atoms with E-state index in [0.717, 1.165) is 0 Å². The van der Waals surface area contributed by atoms with Crippen molar-refractivity contribution in [2.24, 2.45) is 0 Å². The summed E-state index contributed by atoms with van der Waals surface area (Å²) in [6.45, 7) is 0. The van der Waals surface area contributed by atoms with Crippen molar-refractivity contribution in [2.75, 3.05) is 14.2 Å². The van der Waals surface area contributed by atoms with Gasteiger partial charge in [0.05, 0.1) is 14.2 Å². The normalized spacial score (nSPS) is 9.00. The van der Waals surface area contributed by atoms with E-state index in [0.29, 0.717) is 5.56 Å². The molecule has 0 aliphatic heterocycles. The molecule has 0 bridgehead atoms. The second-order valence-electron chi connectivity index (χ2n) is 3.27. The fraction of sp³-hybridized carbons (Fsp3) is 0.231. The van der Waals surface area contributed by atoms with Crippen molar-refractivity contribution >= 4 is 11.9 Å². The summed E-state index contributed by atoms with van der Waals surface area (Å²) in [6.07, 6.45) is -0.0368. The van der Waals surface area contributed by atoms with Crippen LogP contribution in [0.5, 0.6) is 5.75 Å². The summed E-state index contributed by atoms with van der Waals surface area (Å²) in [6, 6.07) is 4.53. The third-order valence-corrected chi connectivity index (χ3v) is 2.12. The molecule has 1 aromatic carbocycles. The van der Waals surface area contributed by atoms with Gasteiger partial charge in [-0.3, -0.25) is 4.79 Å². The molecule has 0 amide bonds. The van der Waals surface area contributed by atoms with Crippen LogP contribution in [0.2, 0.25) is 0 Å². The van der Waals surface area contributed by atoms with E-state index in [1.54, 1.807) is 6.07 Å². The summed E-state index contributed by atoms with van der Waals surface area (Å²) in [5.41, 5.74) is 0.527. The van der Waals surface area contributed by atoms with Gasteiger partial charge in [-0.15, -0.1) is 0 Å². The molecule has 1 N–H and O–H groups in total. The summed E-state index contributed by atoms with van der Waals surface area (Å²) in [7, 11) is 2.67. The number of carboxylic acids is 1. The summed E-state index contributed by atoms with van der Waals surface area (Å²) in [5, 5.41) is 8.97. The molecule has 0 atom stereocenters. The zero-order chi connectivity index (χ0) is 13.5. The summed E-state index contributed by atoms with van der Waals surface area (Å²) >= 11 is 0. The smallest absolute Gasteiger partial charge is 0.339 e. The fourth-order valence-electron chi connectivity index (χ4n) is 1.24. The van der Waals surface area contributed by atoms with Crippen molar-refractivity contribution in [1.82, 2.24) is 0 Å². The van der Waals surface area contributed by atoms with E-state index in [2.05, 4.69) is 16.6 Å². The fourth-order valence-corrected chi connectivity index (χ4v) is 1.24. The SMILES string of the molecule is COC(=O)CC#Cc1ccc(OC)c(C(=O)O)c1. The molecule has 1 aromatic rings. The van der Waals surface area contributed by atoms with Crippen LogP contribution in [-0.4, -0.2) is 31.3 Å². The Morgan fingerprint density at radius 2 is 2.06 bits per heavy atom. The molecular formula is C13H12O5. The lowest BCUT2D eigenvalue weighted by atomic mass is 10.1. The van der Waals surface area contributed by atoms with Gasteiger partial charge in [0.2, 0.25) is 0 Å². The Morgan fingerprint density at radius 3 is 2.61 bits per heavy atom. The first kappa shape index (κ1) is 13.6. The van der Waals surface area contributed by atoms with Crippen LogP contribution in [0.25, 0.3) is 0 Å². The largest absolute Gasteiger partial charge is 0.496 e. The lowest BCUT2D eigenvalue weighted by molar-refractivity contribution is -0.139. The first-order valence-electron chi connectivity index (χ1n) is 5.05. The predicted octanol–water partition coefficient (Wildman–Crippen LogP) is 1.31. The number of carbonyl (C=O) groups excluding carboxylic acids is 1. The van der Waals surface area contributed by atoms with Crippen LogP contribution in [0, 0.1) is 11.8 Å². The van der Waals surface area contributed by atoms with Gasteiger partial charge in [-0.2, -0.15) is 0 Å². The Bertz CT molecular complexity index is 522. The number of carbonyl (C=O) groups is 2. The Kier molecular flexibility index (Phi) is 4.76. The van der Waals surface area contributed by atoms with Gasteiger partial charge in [-0.1, -0.05) is 11.8 Å². The number of esters is 1. The molecule has 5 nitrogen and oxygen atoms in total. The zero-order valence-electron chi connectivity index (χ0n) is 10.0. The molecule has 0 heterocycles. The maximum absolute atomic E-state index is 11.0. The minimum absolute atomic E-state index is 0.0300. The molecule has 0 unspecified atom stereocenters. The van der Waals surface area contributed by atoms with Crippen LogP contribution in [-0.2, 0) is 9.53 Å². The number of hydrogen-bond donors (Lipinski definition) is 1. The average Bonchev–Trinajstić information content (AvgIpc) is 2.38. The summed E-state index contributed by atoms with van der Waals surface area (Å²) in [4.78, 5) is 21.8. The van der Waals surface area contributed by atoms with E-state index in [4.69, 9.17) is 9.84 Å². The number of methoxy groups -OCH3 is 2. The molecule has 0 aromatic heterocycles. The van der Waals surface area contributed by atoms with E-state index < -0.39 is 11.9 Å². The standard InChI is InChI=1S/C13H12O5/c1-17-11-7-6-9(8-10(11)13(15)16)4-3-5-12(14)18-2/h6-8H,5H2,1-2H3,(H,15,16). The highest BCUT2D eigenvalue weighted by atomic mass is 16.5. The first-order valence-corrected chi connectivity index (χ1v) is 5.05. The second kappa shape index (κ2) is 6.30. The van der Waals surface area contributed by atoms with Crippen LogP contribution >= 0.6 is 0 Å². The molecule has 1 rings (SSSR count). The van der Waals surface area contributed by atoms with Crippen LogP contribution in [0.15, 0.2) is 18.2 Å². The third kappa shape index (κ3) is 3.52. The lowest BCUT2D eigenvalue weighted by Crippen LogP contribution is -2.01. The molecule has 0 radical (unpaired) electrons. The van der Waals surface area contributed by atoms with Gasteiger partial charge in [-0.25, -0.2) is 4.79 Å². The van der Waals surface area contributed by atoms with Crippen molar-refractivity contribution in [2.45, 2.75) is 6.42 Å². The molecule has 0 fully saturated rings. The summed E-state index contributed by atoms with van der Waals surface area (Å²) in [5.74, 6) is 4.02. The third-order valence-electron chi connectivity index (χ3n) is 2.12. The highest BCUT2D eigenvalue weighted by Crippen LogP contribution is 2.19. The van der Waals surface area contributed by atoms with Gasteiger partial charge < -0.3 is 14.6 Å². The van der Waals surface area contributed by atoms with Crippen molar-refractivity contribution < 1.29 is 24.2 Å². The lowest BCUT2D eigenvalue weighted by Gasteiger charge is -2.04. The van der Waals surface area contributed by atoms with Gasteiger partial charge in [0.25, 0.3) is 0 Å². The van der Waals surface area contributed by atoms with E-state index in [1.165, 1.54) is 26.4 Å². The van der Waals surface area contributed by atoms with Crippen LogP contribution in [0.4, 0.5) is 0 Å². The maximum Gasteiger partial charge on any atom is 0.339 e. The van der Waals surface area contributed by atoms with Crippen LogP contribution in [0.3, 0.4) is 0 Å². The van der Waals surface area contributed by atoms with Crippen molar-refractivity contribution in [3.8, 4) is 17.6 Å². The number of benzene rings is 1. The van der Waals surface area contributed by atoms with Crippen LogP contribution < -0.4 is 4.74 Å². The zero-order valence-corrected chi connectivity index (χ0v) is 10.0. The maximum atomic E-state index is 11.0. The van der Waals surface area contributed by atoms with E-state index in [9.17, 15) is 9.59 Å². The first-order chi connectivity index (χ1) is 8.58. The van der Waals surface area contributed by atoms with Crippen molar-refractivity contribution in [3.05, 3.63) is 29.3 Å². The highest BCUT2D eigenvalue weighted by Gasteiger charge is 2.10. The molecule has 0 aliphatic rings. The quantitative estimate of drug-likeness (QED) is 0.645. The minimum atomic E-state index is -1.09. The Labute approximate surface area is 104 Å². The summed E-state index contributed by atoms with van der Waals surface area (Å²) < 4.78 is 9.35. The number of ether oxygens (including phenoxy) is 2. The molecule has 0 saturated carbocycles. The van der Waals surface area contributed by atoms with Crippen LogP contribution in [0.1, 0.15) is 22.3 Å². The molecule has 94 valence electrons. The number of hydrogen-bond acceptors (Lipinski definition) is 4. The molecular weight excluding hydrogens is 236 g/mol. The van der Waals surface area contributed by atoms with Crippen molar-refractivity contribution in [1.29, 1.82) is 0 Å².